The highest BCUT2D eigenvalue weighted by molar-refractivity contribution is 9.09. The van der Waals surface area contributed by atoms with Crippen molar-refractivity contribution in [3.05, 3.63) is 58.9 Å². The minimum atomic E-state index is -1.58. The second-order valence-corrected chi connectivity index (χ2v) is 19.8. The summed E-state index contributed by atoms with van der Waals surface area (Å²) in [5.74, 6) is -3.61. The third-order valence-electron chi connectivity index (χ3n) is 15.7. The molecule has 8 rings (SSSR count). The zero-order valence-electron chi connectivity index (χ0n) is 34.4. The topological polar surface area (TPSA) is 218 Å². The van der Waals surface area contributed by atoms with Crippen molar-refractivity contribution in [1.29, 1.82) is 0 Å². The molecule has 3 amide bonds. The second-order valence-electron chi connectivity index (χ2n) is 19.2. The summed E-state index contributed by atoms with van der Waals surface area (Å²) in [6, 6.07) is 3.79. The van der Waals surface area contributed by atoms with E-state index in [1.165, 1.54) is 6.07 Å². The molecule has 5 saturated carbocycles. The lowest BCUT2D eigenvalue weighted by atomic mass is 9.46. The van der Waals surface area contributed by atoms with Crippen LogP contribution in [0.15, 0.2) is 42.0 Å². The van der Waals surface area contributed by atoms with Gasteiger partial charge in [-0.25, -0.2) is 4.39 Å². The molecule has 1 spiro atoms. The van der Waals surface area contributed by atoms with Crippen LogP contribution in [-0.4, -0.2) is 99.0 Å². The molecule has 6 fully saturated rings. The highest BCUT2D eigenvalue weighted by atomic mass is 79.9. The van der Waals surface area contributed by atoms with Crippen LogP contribution in [0.25, 0.3) is 0 Å². The number of allylic oxidation sites excluding steroid dienone is 4. The lowest BCUT2D eigenvalue weighted by Crippen LogP contribution is -2.63. The molecule has 0 aromatic heterocycles. The molecule has 16 heteroatoms. The molecule has 330 valence electrons. The van der Waals surface area contributed by atoms with E-state index < -0.39 is 82.9 Å². The molecular formula is C45H55BrFN3O11. The summed E-state index contributed by atoms with van der Waals surface area (Å²) in [5.41, 5.74) is -0.930. The number of nitrogens with one attached hydrogen (secondary N) is 3. The van der Waals surface area contributed by atoms with Crippen LogP contribution in [0.3, 0.4) is 0 Å². The second kappa shape index (κ2) is 16.4. The van der Waals surface area contributed by atoms with Crippen molar-refractivity contribution in [2.45, 2.75) is 121 Å². The minimum Gasteiger partial charge on any atom is -0.481 e. The standard InChI is InChI=1S/C45H55BrFN3O11/c1-42-10-9-27(52)13-25(42)4-6-28-30-14-35-45(34(54)22-51,43(30,2)19-33(53)39(28)42)61-41(60-35)29-5-3-23(12-31(29)47)11-24-15-44(16-24)17-26(18-44)49-40(59)32(7-8-38(57)58)50-37(56)21-48-36(55)20-46/h3,5,9-10,12-13,24,26,28,30,32-33,35,39,41,51,53H,4,6-8,11,14-22H2,1-2H3,(H,48,55)(H,49,59)(H,50,56)(H,57,58)/t24?,26?,28-,30-,32-,33-,35+,39+,41+,42-,43-,44?,45+/m0/s1. The van der Waals surface area contributed by atoms with Crippen molar-refractivity contribution in [2.75, 3.05) is 18.5 Å². The number of fused-ring (bicyclic) bond motifs is 7. The number of ketones is 2. The Morgan fingerprint density at radius 1 is 1.07 bits per heavy atom. The van der Waals surface area contributed by atoms with Gasteiger partial charge in [0, 0.05) is 34.8 Å². The smallest absolute Gasteiger partial charge is 0.303 e. The van der Waals surface area contributed by atoms with E-state index in [9.17, 15) is 39.0 Å². The first-order valence-corrected chi connectivity index (χ1v) is 22.6. The predicted molar refractivity (Wildman–Crippen MR) is 219 cm³/mol. The number of Topliss-reactive ketones (excluding diaryl/α,β-unsaturated/α-hetero) is 1. The molecule has 0 unspecified atom stereocenters. The summed E-state index contributed by atoms with van der Waals surface area (Å²) < 4.78 is 29.1. The van der Waals surface area contributed by atoms with Crippen LogP contribution in [0.2, 0.25) is 0 Å². The molecule has 1 aromatic rings. The molecule has 10 atom stereocenters. The third kappa shape index (κ3) is 7.61. The SMILES string of the molecule is C[C@]12C=CC(=O)C=C1CC[C@@H]1[C@@H]2[C@@H](O)C[C@@]2(C)[C@H]1C[C@H]1O[C@@H](c3ccc(CC4CC5(C4)CC(NC(=O)[C@H](CCC(=O)O)NC(=O)CNC(=O)CBr)C5)cc3F)O[C@]12C(=O)CO. The van der Waals surface area contributed by atoms with E-state index in [1.807, 2.05) is 19.1 Å². The van der Waals surface area contributed by atoms with Gasteiger partial charge in [-0.05, 0) is 111 Å². The molecule has 1 saturated heterocycles. The zero-order valence-corrected chi connectivity index (χ0v) is 36.0. The molecule has 0 radical (unpaired) electrons. The van der Waals surface area contributed by atoms with Crippen LogP contribution in [0.1, 0.15) is 95.5 Å². The molecule has 61 heavy (non-hydrogen) atoms. The number of carbonyl (C=O) groups excluding carboxylic acids is 5. The van der Waals surface area contributed by atoms with Crippen molar-refractivity contribution >= 4 is 51.2 Å². The number of hydrogen-bond acceptors (Lipinski definition) is 10. The number of halogens is 2. The maximum Gasteiger partial charge on any atom is 0.303 e. The predicted octanol–water partition coefficient (Wildman–Crippen LogP) is 3.51. The summed E-state index contributed by atoms with van der Waals surface area (Å²) in [7, 11) is 0. The van der Waals surface area contributed by atoms with Crippen LogP contribution in [0.5, 0.6) is 0 Å². The first kappa shape index (κ1) is 43.8. The van der Waals surface area contributed by atoms with Gasteiger partial charge in [0.25, 0.3) is 0 Å². The summed E-state index contributed by atoms with van der Waals surface area (Å²) in [4.78, 5) is 74.3. The maximum atomic E-state index is 16.0. The van der Waals surface area contributed by atoms with E-state index in [2.05, 4.69) is 38.8 Å². The number of carbonyl (C=O) groups is 6. The normalized spacial score (nSPS) is 38.4. The minimum absolute atomic E-state index is 0.00761. The third-order valence-corrected chi connectivity index (χ3v) is 16.2. The number of aliphatic carboxylic acids is 1. The number of alkyl halides is 1. The summed E-state index contributed by atoms with van der Waals surface area (Å²) in [6.07, 6.45) is 8.08. The van der Waals surface area contributed by atoms with E-state index in [4.69, 9.17) is 14.6 Å². The lowest BCUT2D eigenvalue weighted by molar-refractivity contribution is -0.201. The monoisotopic (exact) mass is 911 g/mol. The van der Waals surface area contributed by atoms with E-state index >= 15 is 4.39 Å². The Hall–Kier alpha value is -3.83. The highest BCUT2D eigenvalue weighted by Gasteiger charge is 2.76. The molecule has 1 aromatic carbocycles. The molecular weight excluding hydrogens is 857 g/mol. The Labute approximate surface area is 362 Å². The number of aliphatic hydroxyl groups excluding tert-OH is 2. The number of aliphatic hydroxyl groups is 2. The van der Waals surface area contributed by atoms with Gasteiger partial charge in [0.1, 0.15) is 18.5 Å². The zero-order chi connectivity index (χ0) is 43.6. The first-order chi connectivity index (χ1) is 28.9. The van der Waals surface area contributed by atoms with E-state index in [0.29, 0.717) is 25.2 Å². The molecule has 1 aliphatic heterocycles. The Morgan fingerprint density at radius 2 is 1.82 bits per heavy atom. The lowest BCUT2D eigenvalue weighted by Gasteiger charge is -2.59. The van der Waals surface area contributed by atoms with Crippen LogP contribution >= 0.6 is 15.9 Å². The molecule has 14 nitrogen and oxygen atoms in total. The molecule has 6 N–H and O–H groups in total. The molecule has 1 heterocycles. The highest BCUT2D eigenvalue weighted by Crippen LogP contribution is 2.70. The molecule has 0 bridgehead atoms. The van der Waals surface area contributed by atoms with Gasteiger partial charge >= 0.3 is 5.97 Å². The average Bonchev–Trinajstić information content (AvgIpc) is 3.68. The van der Waals surface area contributed by atoms with Gasteiger partial charge in [0.2, 0.25) is 17.7 Å². The van der Waals surface area contributed by atoms with Gasteiger partial charge in [-0.1, -0.05) is 53.6 Å². The largest absolute Gasteiger partial charge is 0.481 e. The fraction of sp³-hybridized carbons (Fsp3) is 0.644. The summed E-state index contributed by atoms with van der Waals surface area (Å²) in [5, 5.41) is 39.3. The van der Waals surface area contributed by atoms with Gasteiger partial charge in [-0.3, -0.25) is 28.8 Å². The van der Waals surface area contributed by atoms with Crippen molar-refractivity contribution in [3.63, 3.8) is 0 Å². The molecule has 7 aliphatic rings. The van der Waals surface area contributed by atoms with E-state index in [-0.39, 0.29) is 71.7 Å². The Kier molecular flexibility index (Phi) is 11.8. The quantitative estimate of drug-likeness (QED) is 0.149. The van der Waals surface area contributed by atoms with Crippen molar-refractivity contribution in [1.82, 2.24) is 16.0 Å². The van der Waals surface area contributed by atoms with Crippen molar-refractivity contribution < 1.29 is 58.0 Å². The number of ether oxygens (including phenoxy) is 2. The Bertz CT molecular complexity index is 2060. The number of hydrogen-bond donors (Lipinski definition) is 6. The van der Waals surface area contributed by atoms with Gasteiger partial charge < -0.3 is 40.7 Å². The van der Waals surface area contributed by atoms with Crippen LogP contribution in [-0.2, 0) is 44.7 Å². The number of carboxylic acids is 1. The van der Waals surface area contributed by atoms with Gasteiger partial charge in [-0.2, -0.15) is 0 Å². The van der Waals surface area contributed by atoms with E-state index in [0.717, 1.165) is 43.2 Å². The van der Waals surface area contributed by atoms with Crippen LogP contribution in [0.4, 0.5) is 4.39 Å². The fourth-order valence-corrected chi connectivity index (χ4v) is 13.3. The number of rotatable bonds is 14. The Morgan fingerprint density at radius 3 is 2.51 bits per heavy atom. The number of benzene rings is 1. The van der Waals surface area contributed by atoms with Gasteiger partial charge in [-0.15, -0.1) is 0 Å². The van der Waals surface area contributed by atoms with Crippen molar-refractivity contribution in [2.24, 2.45) is 39.9 Å². The Balaban J connectivity index is 0.869. The molecule has 6 aliphatic carbocycles. The fourth-order valence-electron chi connectivity index (χ4n) is 13.1. The van der Waals surface area contributed by atoms with Gasteiger partial charge in [0.15, 0.2) is 23.5 Å². The average molecular weight is 913 g/mol. The first-order valence-electron chi connectivity index (χ1n) is 21.5. The summed E-state index contributed by atoms with van der Waals surface area (Å²) in [6.45, 7) is 2.91. The number of carboxylic acid groups (broad SMARTS) is 1. The van der Waals surface area contributed by atoms with E-state index in [1.54, 1.807) is 18.2 Å². The van der Waals surface area contributed by atoms with Crippen molar-refractivity contribution in [3.8, 4) is 0 Å². The number of amides is 3. The van der Waals surface area contributed by atoms with Crippen LogP contribution in [0, 0.1) is 45.7 Å². The van der Waals surface area contributed by atoms with Gasteiger partial charge in [0.05, 0.1) is 24.1 Å². The van der Waals surface area contributed by atoms with Crippen LogP contribution < -0.4 is 16.0 Å². The maximum absolute atomic E-state index is 16.0. The summed E-state index contributed by atoms with van der Waals surface area (Å²) >= 11 is 2.99.